The van der Waals surface area contributed by atoms with Gasteiger partial charge in [0.25, 0.3) is 5.91 Å². The molecule has 4 rings (SSSR count). The molecular weight excluding hydrogens is 425 g/mol. The first-order valence-electron chi connectivity index (χ1n) is 11.3. The van der Waals surface area contributed by atoms with E-state index in [0.29, 0.717) is 16.9 Å². The number of allylic oxidation sites excluding steroid dienone is 2. The van der Waals surface area contributed by atoms with Crippen LogP contribution >= 0.6 is 0 Å². The highest BCUT2D eigenvalue weighted by molar-refractivity contribution is 6.09. The fourth-order valence-corrected chi connectivity index (χ4v) is 4.58. The molecule has 1 amide bonds. The van der Waals surface area contributed by atoms with Gasteiger partial charge in [0.1, 0.15) is 11.6 Å². The van der Waals surface area contributed by atoms with Gasteiger partial charge >= 0.3 is 0 Å². The first-order valence-corrected chi connectivity index (χ1v) is 11.3. The highest BCUT2D eigenvalue weighted by Crippen LogP contribution is 2.33. The molecule has 0 aromatic heterocycles. The second-order valence-corrected chi connectivity index (χ2v) is 8.08. The van der Waals surface area contributed by atoms with Crippen molar-refractivity contribution in [1.82, 2.24) is 4.90 Å². The van der Waals surface area contributed by atoms with E-state index in [-0.39, 0.29) is 24.3 Å². The van der Waals surface area contributed by atoms with Crippen LogP contribution in [0, 0.1) is 12.8 Å². The van der Waals surface area contributed by atoms with Gasteiger partial charge in [-0.3, -0.25) is 4.79 Å². The molecule has 0 atom stereocenters. The summed E-state index contributed by atoms with van der Waals surface area (Å²) in [6, 6.07) is 19.8. The smallest absolute Gasteiger partial charge is 0.258 e. The summed E-state index contributed by atoms with van der Waals surface area (Å²) in [6.07, 6.45) is 12.7. The minimum Gasteiger partial charge on any atom is -0.496 e. The van der Waals surface area contributed by atoms with Gasteiger partial charge in [0.05, 0.1) is 12.7 Å². The van der Waals surface area contributed by atoms with Crippen molar-refractivity contribution in [1.29, 1.82) is 0 Å². The van der Waals surface area contributed by atoms with Crippen molar-refractivity contribution in [3.63, 3.8) is 0 Å². The summed E-state index contributed by atoms with van der Waals surface area (Å²) in [7, 11) is 1.58. The number of fused-ring (bicyclic) bond motifs is 2. The molecule has 1 aliphatic rings. The fourth-order valence-electron chi connectivity index (χ4n) is 4.58. The van der Waals surface area contributed by atoms with E-state index in [1.54, 1.807) is 20.1 Å². The summed E-state index contributed by atoms with van der Waals surface area (Å²) in [5.74, 6) is 0.0909. The third-order valence-electron chi connectivity index (χ3n) is 6.31. The number of hydrogen-bond donors (Lipinski definition) is 0. The average molecular weight is 456 g/mol. The second kappa shape index (κ2) is 11.3. The van der Waals surface area contributed by atoms with Crippen LogP contribution in [0.25, 0.3) is 10.8 Å². The number of nitrogens with zero attached hydrogens (tertiary/aromatic N) is 1. The average Bonchev–Trinajstić information content (AvgIpc) is 3.33. The van der Waals surface area contributed by atoms with Gasteiger partial charge in [-0.25, -0.2) is 4.39 Å². The van der Waals surface area contributed by atoms with Gasteiger partial charge in [-0.05, 0) is 54.7 Å². The van der Waals surface area contributed by atoms with Crippen LogP contribution in [0.3, 0.4) is 0 Å². The fraction of sp³-hybridized carbons (Fsp3) is 0.233. The second-order valence-electron chi connectivity index (χ2n) is 8.08. The molecule has 0 unspecified atom stereocenters. The number of carbonyl (C=O) groups excluding carboxylic acids is 1. The van der Waals surface area contributed by atoms with Crippen molar-refractivity contribution in [3.05, 3.63) is 101 Å². The normalized spacial score (nSPS) is 13.7. The van der Waals surface area contributed by atoms with Gasteiger partial charge in [0.15, 0.2) is 0 Å². The van der Waals surface area contributed by atoms with Crippen LogP contribution in [0.5, 0.6) is 5.75 Å². The lowest BCUT2D eigenvalue weighted by molar-refractivity contribution is 0.0702. The van der Waals surface area contributed by atoms with Crippen LogP contribution in [0.1, 0.15) is 35.3 Å². The third-order valence-corrected chi connectivity index (χ3v) is 6.31. The molecule has 0 aliphatic heterocycles. The Morgan fingerprint density at radius 1 is 1.00 bits per heavy atom. The molecule has 174 valence electrons. The Balaban J connectivity index is 0.00000158. The number of methoxy groups -OCH3 is 1. The van der Waals surface area contributed by atoms with Crippen LogP contribution < -0.4 is 4.74 Å². The van der Waals surface area contributed by atoms with E-state index in [9.17, 15) is 9.18 Å². The van der Waals surface area contributed by atoms with Gasteiger partial charge in [0, 0.05) is 18.2 Å². The molecule has 34 heavy (non-hydrogen) atoms. The number of carbonyl (C=O) groups is 1. The lowest BCUT2D eigenvalue weighted by Crippen LogP contribution is -2.42. The Kier molecular flexibility index (Phi) is 8.27. The van der Waals surface area contributed by atoms with Crippen LogP contribution in [-0.4, -0.2) is 30.5 Å². The molecule has 0 N–H and O–H groups in total. The molecule has 0 saturated heterocycles. The van der Waals surface area contributed by atoms with Crippen molar-refractivity contribution in [3.8, 4) is 18.6 Å². The number of ether oxygens (including phenoxy) is 1. The highest BCUT2D eigenvalue weighted by Gasteiger charge is 2.33. The third kappa shape index (κ3) is 4.89. The topological polar surface area (TPSA) is 29.5 Å². The SMILES string of the molecule is C#C.C/C=C(CN(C(=O)c1c(OC)ccc2ccccc12)C1Cc2ccccc2C1)\C(F)=C/C. The first kappa shape index (κ1) is 24.8. The molecule has 3 nitrogen and oxygen atoms in total. The Bertz CT molecular complexity index is 1230. The zero-order chi connectivity index (χ0) is 24.7. The highest BCUT2D eigenvalue weighted by atomic mass is 19.1. The first-order chi connectivity index (χ1) is 16.6. The van der Waals surface area contributed by atoms with Crippen LogP contribution in [-0.2, 0) is 12.8 Å². The van der Waals surface area contributed by atoms with E-state index in [4.69, 9.17) is 4.74 Å². The zero-order valence-corrected chi connectivity index (χ0v) is 19.9. The molecule has 4 heteroatoms. The Morgan fingerprint density at radius 2 is 1.62 bits per heavy atom. The Hall–Kier alpha value is -3.84. The maximum absolute atomic E-state index is 14.6. The Morgan fingerprint density at radius 3 is 2.21 bits per heavy atom. The minimum atomic E-state index is -0.300. The number of halogens is 1. The maximum Gasteiger partial charge on any atom is 0.258 e. The minimum absolute atomic E-state index is 0.0526. The molecule has 1 aliphatic carbocycles. The van der Waals surface area contributed by atoms with Crippen LogP contribution in [0.4, 0.5) is 4.39 Å². The van der Waals surface area contributed by atoms with Crippen molar-refractivity contribution in [2.45, 2.75) is 32.7 Å². The molecule has 0 bridgehead atoms. The molecule has 0 fully saturated rings. The maximum atomic E-state index is 14.6. The standard InChI is InChI=1S/C28H28FNO2.C2H2/c1-4-19(25(29)5-2)18-30(23-16-21-11-6-7-12-22(21)17-23)28(31)27-24-13-9-8-10-20(24)14-15-26(27)32-3;1-2/h4-15,23H,16-18H2,1-3H3;1-2H/b19-4-,25-5+;. The number of amides is 1. The van der Waals surface area contributed by atoms with E-state index < -0.39 is 0 Å². The van der Waals surface area contributed by atoms with Crippen molar-refractivity contribution < 1.29 is 13.9 Å². The van der Waals surface area contributed by atoms with Gasteiger partial charge < -0.3 is 9.64 Å². The largest absolute Gasteiger partial charge is 0.496 e. The van der Waals surface area contributed by atoms with E-state index in [1.807, 2.05) is 60.4 Å². The number of benzene rings is 3. The summed E-state index contributed by atoms with van der Waals surface area (Å²) in [5.41, 5.74) is 3.52. The zero-order valence-electron chi connectivity index (χ0n) is 19.9. The van der Waals surface area contributed by atoms with Crippen molar-refractivity contribution in [2.24, 2.45) is 0 Å². The summed E-state index contributed by atoms with van der Waals surface area (Å²) in [5, 5.41) is 1.81. The number of hydrogen-bond acceptors (Lipinski definition) is 2. The summed E-state index contributed by atoms with van der Waals surface area (Å²) >= 11 is 0. The van der Waals surface area contributed by atoms with Gasteiger partial charge in [0.2, 0.25) is 0 Å². The van der Waals surface area contributed by atoms with E-state index in [1.165, 1.54) is 17.2 Å². The molecule has 0 heterocycles. The number of rotatable bonds is 6. The molecule has 0 spiro atoms. The molecule has 0 radical (unpaired) electrons. The van der Waals surface area contributed by atoms with E-state index in [2.05, 4.69) is 25.0 Å². The van der Waals surface area contributed by atoms with E-state index >= 15 is 0 Å². The predicted molar refractivity (Wildman–Crippen MR) is 138 cm³/mol. The van der Waals surface area contributed by atoms with Crippen molar-refractivity contribution >= 4 is 16.7 Å². The van der Waals surface area contributed by atoms with Crippen LogP contribution in [0.15, 0.2) is 84.2 Å². The summed E-state index contributed by atoms with van der Waals surface area (Å²) in [6.45, 7) is 3.68. The lowest BCUT2D eigenvalue weighted by atomic mass is 10.0. The molecule has 3 aromatic carbocycles. The van der Waals surface area contributed by atoms with Crippen LogP contribution in [0.2, 0.25) is 0 Å². The molecular formula is C30H30FNO2. The quantitative estimate of drug-likeness (QED) is 0.313. The van der Waals surface area contributed by atoms with Gasteiger partial charge in [-0.1, -0.05) is 66.7 Å². The molecule has 0 saturated carbocycles. The van der Waals surface area contributed by atoms with E-state index in [0.717, 1.165) is 23.6 Å². The predicted octanol–water partition coefficient (Wildman–Crippen LogP) is 6.53. The summed E-state index contributed by atoms with van der Waals surface area (Å²) < 4.78 is 20.2. The number of terminal acetylenes is 1. The Labute approximate surface area is 201 Å². The lowest BCUT2D eigenvalue weighted by Gasteiger charge is -2.31. The van der Waals surface area contributed by atoms with Crippen molar-refractivity contribution in [2.75, 3.05) is 13.7 Å². The van der Waals surface area contributed by atoms with Gasteiger partial charge in [-0.15, -0.1) is 12.8 Å². The summed E-state index contributed by atoms with van der Waals surface area (Å²) in [4.78, 5) is 15.9. The van der Waals surface area contributed by atoms with Gasteiger partial charge in [-0.2, -0.15) is 0 Å². The molecule has 3 aromatic rings. The monoisotopic (exact) mass is 455 g/mol.